The van der Waals surface area contributed by atoms with Gasteiger partial charge in [-0.15, -0.1) is 11.6 Å². The molecule has 3 heterocycles. The number of alkyl halides is 1. The molecule has 2 aromatic rings. The summed E-state index contributed by atoms with van der Waals surface area (Å²) in [6.07, 6.45) is 5.54. The highest BCUT2D eigenvalue weighted by atomic mass is 35.5. The van der Waals surface area contributed by atoms with E-state index in [2.05, 4.69) is 24.3 Å². The second kappa shape index (κ2) is 9.68. The Morgan fingerprint density at radius 2 is 2.00 bits per heavy atom. The number of halogens is 1. The summed E-state index contributed by atoms with van der Waals surface area (Å²) in [7, 11) is -3.67. The van der Waals surface area contributed by atoms with Crippen LogP contribution in [-0.2, 0) is 33.7 Å². The number of hydrogen-bond acceptors (Lipinski definition) is 6. The van der Waals surface area contributed by atoms with Gasteiger partial charge in [-0.25, -0.2) is 9.67 Å². The fraction of sp³-hybridized carbons (Fsp3) is 0.647. The van der Waals surface area contributed by atoms with Gasteiger partial charge in [-0.1, -0.05) is 6.92 Å². The van der Waals surface area contributed by atoms with Crippen molar-refractivity contribution in [3.63, 3.8) is 0 Å². The van der Waals surface area contributed by atoms with E-state index in [1.54, 1.807) is 0 Å². The second-order valence-electron chi connectivity index (χ2n) is 6.36. The lowest BCUT2D eigenvalue weighted by atomic mass is 10.0. The molecule has 27 heavy (non-hydrogen) atoms. The second-order valence-corrected chi connectivity index (χ2v) is 8.09. The molecule has 0 spiro atoms. The Morgan fingerprint density at radius 3 is 2.52 bits per heavy atom. The number of aryl methyl sites for hydroxylation is 2. The molecule has 3 rings (SSSR count). The molecule has 1 aliphatic heterocycles. The minimum absolute atomic E-state index is 0.427. The first-order chi connectivity index (χ1) is 12.8. The summed E-state index contributed by atoms with van der Waals surface area (Å²) in [6, 6.07) is 0.427. The van der Waals surface area contributed by atoms with Gasteiger partial charge in [0.05, 0.1) is 29.4 Å². The van der Waals surface area contributed by atoms with Crippen LogP contribution < -0.4 is 5.32 Å². The lowest BCUT2D eigenvalue weighted by Crippen LogP contribution is -2.28. The highest BCUT2D eigenvalue weighted by molar-refractivity contribution is 7.85. The van der Waals surface area contributed by atoms with Crippen LogP contribution in [0.25, 0.3) is 11.0 Å². The van der Waals surface area contributed by atoms with Crippen molar-refractivity contribution >= 4 is 38.4 Å². The Bertz CT molecular complexity index is 855. The van der Waals surface area contributed by atoms with Crippen LogP contribution in [0, 0.1) is 0 Å². The molecule has 0 aliphatic carbocycles. The Kier molecular flexibility index (Phi) is 7.84. The van der Waals surface area contributed by atoms with Crippen molar-refractivity contribution in [1.29, 1.82) is 0 Å². The van der Waals surface area contributed by atoms with E-state index in [4.69, 9.17) is 25.9 Å². The zero-order valence-electron chi connectivity index (χ0n) is 15.9. The van der Waals surface area contributed by atoms with E-state index in [0.29, 0.717) is 18.2 Å². The van der Waals surface area contributed by atoms with E-state index in [-0.39, 0.29) is 0 Å². The fourth-order valence-electron chi connectivity index (χ4n) is 3.05. The summed E-state index contributed by atoms with van der Waals surface area (Å²) in [4.78, 5) is 4.80. The zero-order chi connectivity index (χ0) is 20.0. The normalized spacial score (nSPS) is 15.4. The summed E-state index contributed by atoms with van der Waals surface area (Å²) in [5.74, 6) is 0.467. The predicted molar refractivity (Wildman–Crippen MR) is 107 cm³/mol. The van der Waals surface area contributed by atoms with Crippen LogP contribution in [0.4, 0.5) is 5.69 Å². The number of pyridine rings is 1. The monoisotopic (exact) mass is 418 g/mol. The number of anilines is 1. The Hall–Kier alpha value is -1.42. The van der Waals surface area contributed by atoms with Gasteiger partial charge in [-0.2, -0.15) is 13.5 Å². The van der Waals surface area contributed by atoms with Crippen LogP contribution in [-0.4, -0.2) is 53.2 Å². The summed E-state index contributed by atoms with van der Waals surface area (Å²) in [5, 5.41) is 9.23. The average molecular weight is 419 g/mol. The number of nitrogens with one attached hydrogen (secondary N) is 1. The third-order valence-electron chi connectivity index (χ3n) is 4.31. The van der Waals surface area contributed by atoms with E-state index in [1.165, 1.54) is 0 Å². The zero-order valence-corrected chi connectivity index (χ0v) is 17.5. The van der Waals surface area contributed by atoms with Gasteiger partial charge in [0, 0.05) is 37.1 Å². The highest BCUT2D eigenvalue weighted by Crippen LogP contribution is 2.32. The van der Waals surface area contributed by atoms with Crippen molar-refractivity contribution < 1.29 is 17.7 Å². The first-order valence-corrected chi connectivity index (χ1v) is 11.4. The van der Waals surface area contributed by atoms with Gasteiger partial charge in [0.25, 0.3) is 10.1 Å². The molecule has 152 valence electrons. The van der Waals surface area contributed by atoms with Gasteiger partial charge in [0.2, 0.25) is 0 Å². The maximum atomic E-state index is 9.19. The maximum Gasteiger partial charge on any atom is 0.261 e. The third kappa shape index (κ3) is 6.03. The van der Waals surface area contributed by atoms with E-state index in [0.717, 1.165) is 67.0 Å². The van der Waals surface area contributed by atoms with E-state index in [1.807, 2.05) is 10.9 Å². The minimum atomic E-state index is -3.67. The van der Waals surface area contributed by atoms with Gasteiger partial charge in [-0.05, 0) is 26.2 Å². The van der Waals surface area contributed by atoms with Gasteiger partial charge < -0.3 is 10.1 Å². The summed E-state index contributed by atoms with van der Waals surface area (Å²) in [6.45, 7) is 6.65. The first kappa shape index (κ1) is 21.9. The molecule has 0 atom stereocenters. The van der Waals surface area contributed by atoms with Crippen LogP contribution >= 0.6 is 11.6 Å². The van der Waals surface area contributed by atoms with Crippen molar-refractivity contribution in [2.45, 2.75) is 51.6 Å². The topological polar surface area (TPSA) is 106 Å². The molecule has 8 nitrogen and oxygen atoms in total. The number of ether oxygens (including phenoxy) is 1. The molecule has 2 aromatic heterocycles. The number of aromatic nitrogens is 3. The lowest BCUT2D eigenvalue weighted by Gasteiger charge is -2.26. The van der Waals surface area contributed by atoms with Gasteiger partial charge >= 0.3 is 0 Å². The molecule has 0 bridgehead atoms. The summed E-state index contributed by atoms with van der Waals surface area (Å²) in [5.41, 5.74) is 4.23. The van der Waals surface area contributed by atoms with Crippen molar-refractivity contribution in [2.24, 2.45) is 0 Å². The van der Waals surface area contributed by atoms with Gasteiger partial charge in [0.1, 0.15) is 0 Å². The van der Waals surface area contributed by atoms with Crippen LogP contribution in [0.2, 0.25) is 0 Å². The van der Waals surface area contributed by atoms with Crippen LogP contribution in [0.5, 0.6) is 0 Å². The van der Waals surface area contributed by atoms with Gasteiger partial charge in [-0.3, -0.25) is 4.55 Å². The average Bonchev–Trinajstić information content (AvgIpc) is 3.03. The smallest absolute Gasteiger partial charge is 0.261 e. The van der Waals surface area contributed by atoms with E-state index < -0.39 is 10.1 Å². The lowest BCUT2D eigenvalue weighted by molar-refractivity contribution is 0.0904. The minimum Gasteiger partial charge on any atom is -0.381 e. The Morgan fingerprint density at radius 1 is 1.37 bits per heavy atom. The molecule has 2 N–H and O–H groups in total. The number of rotatable bonds is 5. The van der Waals surface area contributed by atoms with Crippen molar-refractivity contribution in [3.05, 3.63) is 17.5 Å². The molecule has 0 radical (unpaired) electrons. The molecule has 0 amide bonds. The molecule has 1 fully saturated rings. The van der Waals surface area contributed by atoms with E-state index in [9.17, 15) is 8.42 Å². The molecular formula is C17H27ClN4O4S. The quantitative estimate of drug-likeness (QED) is 0.567. The molecule has 0 saturated carbocycles. The van der Waals surface area contributed by atoms with E-state index >= 15 is 0 Å². The van der Waals surface area contributed by atoms with Crippen molar-refractivity contribution in [3.8, 4) is 0 Å². The predicted octanol–water partition coefficient (Wildman–Crippen LogP) is 2.85. The third-order valence-corrected chi connectivity index (χ3v) is 4.58. The summed E-state index contributed by atoms with van der Waals surface area (Å²) >= 11 is 6.24. The fourth-order valence-corrected chi connectivity index (χ4v) is 3.34. The SMILES string of the molecule is CCc1nc2c(cnn2CC)c(NC2CCOCC2)c1CCl.CS(=O)(=O)O. The molecular weight excluding hydrogens is 392 g/mol. The van der Waals surface area contributed by atoms with Crippen LogP contribution in [0.15, 0.2) is 6.20 Å². The number of hydrogen-bond donors (Lipinski definition) is 2. The molecule has 1 aliphatic rings. The largest absolute Gasteiger partial charge is 0.381 e. The number of nitrogens with zero attached hydrogens (tertiary/aromatic N) is 3. The van der Waals surface area contributed by atoms with Crippen molar-refractivity contribution in [1.82, 2.24) is 14.8 Å². The molecule has 0 unspecified atom stereocenters. The highest BCUT2D eigenvalue weighted by Gasteiger charge is 2.20. The standard InChI is InChI=1S/C16H23ClN4O.CH4O3S/c1-3-14-12(9-17)15(19-11-5-7-22-8-6-11)13-10-18-21(4-2)16(13)20-14;1-5(2,3)4/h10-11H,3-9H2,1-2H3,(H,19,20);1H3,(H,2,3,4). The van der Waals surface area contributed by atoms with Crippen LogP contribution in [0.3, 0.4) is 0 Å². The summed E-state index contributed by atoms with van der Waals surface area (Å²) < 4.78 is 33.3. The Balaban J connectivity index is 0.000000465. The van der Waals surface area contributed by atoms with Crippen LogP contribution in [0.1, 0.15) is 37.9 Å². The number of fused-ring (bicyclic) bond motifs is 1. The molecule has 0 aromatic carbocycles. The first-order valence-electron chi connectivity index (χ1n) is 8.98. The molecule has 1 saturated heterocycles. The van der Waals surface area contributed by atoms with Gasteiger partial charge in [0.15, 0.2) is 5.65 Å². The maximum absolute atomic E-state index is 9.19. The molecule has 10 heteroatoms. The van der Waals surface area contributed by atoms with Crippen molar-refractivity contribution in [2.75, 3.05) is 24.8 Å². The Labute approximate surface area is 165 Å².